The smallest absolute Gasteiger partial charge is 0.253 e. The number of carbonyl (C=O) groups is 1. The highest BCUT2D eigenvalue weighted by Crippen LogP contribution is 2.36. The van der Waals surface area contributed by atoms with Gasteiger partial charge >= 0.3 is 0 Å². The normalized spacial score (nSPS) is 15.3. The van der Waals surface area contributed by atoms with Crippen LogP contribution in [-0.2, 0) is 12.2 Å². The molecule has 1 aliphatic rings. The number of ether oxygens (including phenoxy) is 2. The lowest BCUT2D eigenvalue weighted by atomic mass is 9.82. The number of fused-ring (bicyclic) bond motifs is 3. The average molecular weight is 497 g/mol. The molecule has 0 unspecified atom stereocenters. The minimum absolute atomic E-state index is 0.0166. The highest BCUT2D eigenvalue weighted by molar-refractivity contribution is 7.98. The number of aromatic nitrogens is 4. The van der Waals surface area contributed by atoms with E-state index in [1.165, 1.54) is 16.3 Å². The van der Waals surface area contributed by atoms with E-state index in [2.05, 4.69) is 46.5 Å². The molecule has 7 nitrogen and oxygen atoms in total. The standard InChI is InChI=1S/C28H24N4O3S/c1-34-25-11-10-18(14-26(25)35-2)20-12-23-22(24(33)13-20)15-32-27(29-23)30-28(31-32)36-16-19-8-5-7-17-6-3-4-9-21(17)19/h3-11,14-15,20H,12-13,16H2,1-2H3/t20-/m0/s1. The number of ketones is 1. The summed E-state index contributed by atoms with van der Waals surface area (Å²) in [6.07, 6.45) is 2.84. The van der Waals surface area contributed by atoms with Crippen molar-refractivity contribution in [3.05, 3.63) is 89.2 Å². The topological polar surface area (TPSA) is 78.6 Å². The fourth-order valence-corrected chi connectivity index (χ4v) is 5.66. The van der Waals surface area contributed by atoms with Gasteiger partial charge in [0.1, 0.15) is 0 Å². The van der Waals surface area contributed by atoms with Crippen LogP contribution in [0.3, 0.4) is 0 Å². The van der Waals surface area contributed by atoms with Gasteiger partial charge in [0.05, 0.1) is 25.5 Å². The summed E-state index contributed by atoms with van der Waals surface area (Å²) < 4.78 is 12.4. The van der Waals surface area contributed by atoms with Gasteiger partial charge in [-0.25, -0.2) is 9.50 Å². The van der Waals surface area contributed by atoms with Crippen molar-refractivity contribution in [1.82, 2.24) is 19.6 Å². The van der Waals surface area contributed by atoms with Crippen LogP contribution in [0.25, 0.3) is 16.6 Å². The molecule has 0 saturated heterocycles. The molecule has 1 atom stereocenters. The second-order valence-corrected chi connectivity index (χ2v) is 9.75. The summed E-state index contributed by atoms with van der Waals surface area (Å²) in [5.74, 6) is 2.66. The highest BCUT2D eigenvalue weighted by atomic mass is 32.2. The first-order chi connectivity index (χ1) is 17.6. The van der Waals surface area contributed by atoms with Crippen LogP contribution in [0.15, 0.2) is 72.0 Å². The van der Waals surface area contributed by atoms with Crippen molar-refractivity contribution in [3.8, 4) is 11.5 Å². The number of hydrogen-bond donors (Lipinski definition) is 0. The van der Waals surface area contributed by atoms with Gasteiger partial charge < -0.3 is 9.47 Å². The van der Waals surface area contributed by atoms with Crippen LogP contribution in [0.1, 0.15) is 39.5 Å². The molecule has 1 aliphatic carbocycles. The van der Waals surface area contributed by atoms with Crippen molar-refractivity contribution >= 4 is 34.1 Å². The predicted octanol–water partition coefficient (Wildman–Crippen LogP) is 5.50. The zero-order valence-corrected chi connectivity index (χ0v) is 20.8. The monoisotopic (exact) mass is 496 g/mol. The van der Waals surface area contributed by atoms with Crippen molar-refractivity contribution in [2.24, 2.45) is 0 Å². The van der Waals surface area contributed by atoms with Gasteiger partial charge in [0.2, 0.25) is 5.16 Å². The Morgan fingerprint density at radius 2 is 1.81 bits per heavy atom. The third-order valence-electron chi connectivity index (χ3n) is 6.68. The van der Waals surface area contributed by atoms with Gasteiger partial charge in [0.15, 0.2) is 17.3 Å². The van der Waals surface area contributed by atoms with E-state index in [1.54, 1.807) is 36.7 Å². The summed E-state index contributed by atoms with van der Waals surface area (Å²) in [5, 5.41) is 7.68. The quantitative estimate of drug-likeness (QED) is 0.287. The third kappa shape index (κ3) is 4.07. The summed E-state index contributed by atoms with van der Waals surface area (Å²) >= 11 is 1.57. The third-order valence-corrected chi connectivity index (χ3v) is 7.57. The molecule has 2 aromatic heterocycles. The van der Waals surface area contributed by atoms with E-state index in [4.69, 9.17) is 14.5 Å². The van der Waals surface area contributed by atoms with Crippen molar-refractivity contribution in [2.45, 2.75) is 29.7 Å². The van der Waals surface area contributed by atoms with Crippen molar-refractivity contribution in [2.75, 3.05) is 14.2 Å². The molecule has 0 aliphatic heterocycles. The Labute approximate surface area is 212 Å². The molecule has 180 valence electrons. The predicted molar refractivity (Wildman–Crippen MR) is 139 cm³/mol. The maximum atomic E-state index is 13.1. The minimum atomic E-state index is 0.0166. The number of Topliss-reactive ketones (excluding diaryl/α,β-unsaturated/α-hetero) is 1. The summed E-state index contributed by atoms with van der Waals surface area (Å²) in [7, 11) is 3.22. The molecule has 3 aromatic carbocycles. The van der Waals surface area contributed by atoms with E-state index in [1.807, 2.05) is 24.3 Å². The minimum Gasteiger partial charge on any atom is -0.493 e. The second-order valence-electron chi connectivity index (χ2n) is 8.81. The Morgan fingerprint density at radius 3 is 2.67 bits per heavy atom. The lowest BCUT2D eigenvalue weighted by molar-refractivity contribution is 0.0962. The maximum absolute atomic E-state index is 13.1. The van der Waals surface area contributed by atoms with Gasteiger partial charge in [-0.15, -0.1) is 5.10 Å². The first-order valence-corrected chi connectivity index (χ1v) is 12.7. The van der Waals surface area contributed by atoms with E-state index < -0.39 is 0 Å². The molecule has 2 heterocycles. The molecular formula is C28H24N4O3S. The molecule has 6 rings (SSSR count). The number of thioether (sulfide) groups is 1. The van der Waals surface area contributed by atoms with Crippen molar-refractivity contribution in [1.29, 1.82) is 0 Å². The van der Waals surface area contributed by atoms with Gasteiger partial charge in [-0.1, -0.05) is 60.3 Å². The fraction of sp³-hybridized carbons (Fsp3) is 0.214. The molecule has 8 heteroatoms. The van der Waals surface area contributed by atoms with E-state index in [-0.39, 0.29) is 11.7 Å². The zero-order valence-electron chi connectivity index (χ0n) is 20.0. The first kappa shape index (κ1) is 22.5. The molecule has 0 saturated carbocycles. The lowest BCUT2D eigenvalue weighted by Gasteiger charge is -2.23. The van der Waals surface area contributed by atoms with E-state index in [9.17, 15) is 4.79 Å². The van der Waals surface area contributed by atoms with Crippen LogP contribution in [0.5, 0.6) is 11.5 Å². The molecule has 0 bridgehead atoms. The maximum Gasteiger partial charge on any atom is 0.253 e. The van der Waals surface area contributed by atoms with Crippen molar-refractivity contribution < 1.29 is 14.3 Å². The molecular weight excluding hydrogens is 472 g/mol. The van der Waals surface area contributed by atoms with Gasteiger partial charge in [0, 0.05) is 18.4 Å². The summed E-state index contributed by atoms with van der Waals surface area (Å²) in [5.41, 5.74) is 3.64. The number of methoxy groups -OCH3 is 2. The van der Waals surface area contributed by atoms with Crippen LogP contribution >= 0.6 is 11.8 Å². The second kappa shape index (κ2) is 9.28. The number of benzene rings is 3. The Kier molecular flexibility index (Phi) is 5.81. The molecule has 36 heavy (non-hydrogen) atoms. The number of nitrogens with zero attached hydrogens (tertiary/aromatic N) is 4. The Morgan fingerprint density at radius 1 is 0.972 bits per heavy atom. The number of carbonyl (C=O) groups excluding carboxylic acids is 1. The number of rotatable bonds is 6. The Bertz CT molecular complexity index is 1610. The van der Waals surface area contributed by atoms with Crippen LogP contribution in [0.4, 0.5) is 0 Å². The number of hydrogen-bond acceptors (Lipinski definition) is 7. The molecule has 0 spiro atoms. The van der Waals surface area contributed by atoms with Crippen LogP contribution in [0, 0.1) is 0 Å². The van der Waals surface area contributed by atoms with Crippen LogP contribution in [0.2, 0.25) is 0 Å². The molecule has 0 fully saturated rings. The molecule has 0 amide bonds. The zero-order chi connectivity index (χ0) is 24.6. The first-order valence-electron chi connectivity index (χ1n) is 11.7. The van der Waals surface area contributed by atoms with E-state index in [0.29, 0.717) is 40.8 Å². The van der Waals surface area contributed by atoms with Gasteiger partial charge in [-0.05, 0) is 46.4 Å². The molecule has 0 N–H and O–H groups in total. The van der Waals surface area contributed by atoms with Crippen LogP contribution < -0.4 is 9.47 Å². The summed E-state index contributed by atoms with van der Waals surface area (Å²) in [6.45, 7) is 0. The van der Waals surface area contributed by atoms with Gasteiger partial charge in [0.25, 0.3) is 5.78 Å². The summed E-state index contributed by atoms with van der Waals surface area (Å²) in [6, 6.07) is 20.5. The van der Waals surface area contributed by atoms with Crippen LogP contribution in [-0.4, -0.2) is 39.6 Å². The fourth-order valence-electron chi connectivity index (χ4n) is 4.83. The highest BCUT2D eigenvalue weighted by Gasteiger charge is 2.29. The Balaban J connectivity index is 1.26. The molecule has 5 aromatic rings. The Hall–Kier alpha value is -3.91. The lowest BCUT2D eigenvalue weighted by Crippen LogP contribution is -2.21. The van der Waals surface area contributed by atoms with E-state index >= 15 is 0 Å². The largest absolute Gasteiger partial charge is 0.493 e. The van der Waals surface area contributed by atoms with Gasteiger partial charge in [-0.2, -0.15) is 4.98 Å². The average Bonchev–Trinajstić information content (AvgIpc) is 3.32. The SMILES string of the molecule is COc1ccc([C@@H]2CC(=O)c3cn4nc(SCc5cccc6ccccc56)nc4nc3C2)cc1OC. The van der Waals surface area contributed by atoms with Crippen molar-refractivity contribution in [3.63, 3.8) is 0 Å². The summed E-state index contributed by atoms with van der Waals surface area (Å²) in [4.78, 5) is 22.5. The van der Waals surface area contributed by atoms with E-state index in [0.717, 1.165) is 17.0 Å². The molecule has 0 radical (unpaired) electrons. The van der Waals surface area contributed by atoms with Gasteiger partial charge in [-0.3, -0.25) is 4.79 Å².